The van der Waals surface area contributed by atoms with Crippen molar-refractivity contribution in [1.82, 2.24) is 34.8 Å². The highest BCUT2D eigenvalue weighted by Crippen LogP contribution is 2.15. The molecule has 10 nitrogen and oxygen atoms in total. The number of carbonyl (C=O) groups excluding carboxylic acids is 1. The quantitative estimate of drug-likeness (QED) is 0.499. The number of aromatic nitrogens is 3. The smallest absolute Gasteiger partial charge is 0.239 e. The molecule has 0 radical (unpaired) electrons. The van der Waals surface area contributed by atoms with Crippen LogP contribution in [0.4, 0.5) is 0 Å². The maximum Gasteiger partial charge on any atom is 0.239 e. The van der Waals surface area contributed by atoms with Crippen LogP contribution in [-0.4, -0.2) is 106 Å². The molecule has 3 saturated heterocycles. The zero-order chi connectivity index (χ0) is 22.5. The molecule has 4 rings (SSSR count). The van der Waals surface area contributed by atoms with Crippen LogP contribution < -0.4 is 5.32 Å². The molecule has 3 aliphatic rings. The van der Waals surface area contributed by atoms with E-state index in [1.165, 1.54) is 0 Å². The van der Waals surface area contributed by atoms with Gasteiger partial charge in [-0.1, -0.05) is 0 Å². The van der Waals surface area contributed by atoms with Gasteiger partial charge in [-0.2, -0.15) is 0 Å². The second kappa shape index (κ2) is 10.6. The first-order valence-corrected chi connectivity index (χ1v) is 12.1. The second-order valence-corrected chi connectivity index (χ2v) is 9.11. The van der Waals surface area contributed by atoms with Gasteiger partial charge in [-0.25, -0.2) is 4.99 Å². The van der Waals surface area contributed by atoms with Crippen LogP contribution in [0.5, 0.6) is 0 Å². The molecule has 0 bridgehead atoms. The fourth-order valence-corrected chi connectivity index (χ4v) is 4.69. The van der Waals surface area contributed by atoms with Gasteiger partial charge in [0.2, 0.25) is 5.91 Å². The largest absolute Gasteiger partial charge is 0.376 e. The number of nitrogens with zero attached hydrogens (tertiary/aromatic N) is 7. The normalized spacial score (nSPS) is 23.7. The van der Waals surface area contributed by atoms with Crippen molar-refractivity contribution < 1.29 is 9.53 Å². The molecule has 178 valence electrons. The van der Waals surface area contributed by atoms with Gasteiger partial charge in [-0.3, -0.25) is 9.69 Å². The van der Waals surface area contributed by atoms with Crippen molar-refractivity contribution in [3.05, 3.63) is 11.6 Å². The molecule has 3 fully saturated rings. The molecule has 1 aromatic rings. The van der Waals surface area contributed by atoms with Gasteiger partial charge in [-0.05, 0) is 39.5 Å². The summed E-state index contributed by atoms with van der Waals surface area (Å²) in [5, 5.41) is 11.9. The average Bonchev–Trinajstić information content (AvgIpc) is 3.58. The van der Waals surface area contributed by atoms with E-state index < -0.39 is 0 Å². The summed E-state index contributed by atoms with van der Waals surface area (Å²) >= 11 is 0. The number of piperazine rings is 1. The topological polar surface area (TPSA) is 91.1 Å². The number of nitrogens with one attached hydrogen (secondary N) is 1. The molecule has 2 atom stereocenters. The molecule has 1 aromatic heterocycles. The van der Waals surface area contributed by atoms with Crippen LogP contribution in [0.2, 0.25) is 0 Å². The summed E-state index contributed by atoms with van der Waals surface area (Å²) in [6, 6.07) is -0.0582. The molecular formula is C22H38N8O2. The fourth-order valence-electron chi connectivity index (χ4n) is 4.69. The Morgan fingerprint density at radius 3 is 2.50 bits per heavy atom. The molecular weight excluding hydrogens is 408 g/mol. The van der Waals surface area contributed by atoms with Crippen molar-refractivity contribution in [3.8, 4) is 0 Å². The van der Waals surface area contributed by atoms with E-state index in [0.717, 1.165) is 95.7 Å². The van der Waals surface area contributed by atoms with Crippen LogP contribution in [0.15, 0.2) is 4.99 Å². The number of aryl methyl sites for hydroxylation is 1. The number of amides is 1. The highest BCUT2D eigenvalue weighted by atomic mass is 16.5. The summed E-state index contributed by atoms with van der Waals surface area (Å²) in [7, 11) is 1.97. The van der Waals surface area contributed by atoms with Crippen molar-refractivity contribution in [2.45, 2.75) is 58.2 Å². The summed E-state index contributed by atoms with van der Waals surface area (Å²) < 4.78 is 7.76. The average molecular weight is 447 g/mol. The molecule has 0 aliphatic carbocycles. The van der Waals surface area contributed by atoms with E-state index in [1.54, 1.807) is 0 Å². The van der Waals surface area contributed by atoms with E-state index in [-0.39, 0.29) is 18.1 Å². The van der Waals surface area contributed by atoms with E-state index in [1.807, 2.05) is 23.4 Å². The molecule has 2 unspecified atom stereocenters. The van der Waals surface area contributed by atoms with Gasteiger partial charge in [0.05, 0.1) is 12.1 Å². The summed E-state index contributed by atoms with van der Waals surface area (Å²) in [4.78, 5) is 24.3. The summed E-state index contributed by atoms with van der Waals surface area (Å²) in [5.74, 6) is 2.90. The number of likely N-dealkylation sites (tertiary alicyclic amines) is 1. The number of rotatable bonds is 6. The lowest BCUT2D eigenvalue weighted by Crippen LogP contribution is -2.57. The van der Waals surface area contributed by atoms with Gasteiger partial charge in [0.15, 0.2) is 11.8 Å². The van der Waals surface area contributed by atoms with Gasteiger partial charge in [0, 0.05) is 59.5 Å². The first-order chi connectivity index (χ1) is 15.5. The van der Waals surface area contributed by atoms with Crippen molar-refractivity contribution in [2.75, 3.05) is 52.4 Å². The standard InChI is InChI=1S/C22H38N8O2/c1-17(21(31)29-8-4-5-9-29)28-10-12-30(13-11-28)22(23-15-19-7-6-14-32-19)24-16-20-26-25-18(2)27(20)3/h17,19H,4-16H2,1-3H3,(H,23,24). The van der Waals surface area contributed by atoms with Crippen molar-refractivity contribution in [2.24, 2.45) is 12.0 Å². The molecule has 1 amide bonds. The zero-order valence-electron chi connectivity index (χ0n) is 19.8. The van der Waals surface area contributed by atoms with E-state index in [2.05, 4.69) is 32.2 Å². The van der Waals surface area contributed by atoms with Crippen LogP contribution in [-0.2, 0) is 23.1 Å². The van der Waals surface area contributed by atoms with Crippen molar-refractivity contribution >= 4 is 11.9 Å². The van der Waals surface area contributed by atoms with Crippen molar-refractivity contribution in [3.63, 3.8) is 0 Å². The first-order valence-electron chi connectivity index (χ1n) is 12.1. The highest BCUT2D eigenvalue weighted by Gasteiger charge is 2.30. The van der Waals surface area contributed by atoms with E-state index in [0.29, 0.717) is 6.54 Å². The molecule has 0 aromatic carbocycles. The molecule has 3 aliphatic heterocycles. The van der Waals surface area contributed by atoms with E-state index in [4.69, 9.17) is 9.73 Å². The van der Waals surface area contributed by atoms with Gasteiger partial charge >= 0.3 is 0 Å². The maximum absolute atomic E-state index is 12.8. The maximum atomic E-state index is 12.8. The predicted octanol–water partition coefficient (Wildman–Crippen LogP) is 0.377. The Morgan fingerprint density at radius 2 is 1.88 bits per heavy atom. The van der Waals surface area contributed by atoms with Crippen LogP contribution in [0.25, 0.3) is 0 Å². The molecule has 0 saturated carbocycles. The van der Waals surface area contributed by atoms with Crippen LogP contribution in [0.1, 0.15) is 44.3 Å². The van der Waals surface area contributed by atoms with Gasteiger partial charge in [0.25, 0.3) is 0 Å². The number of carbonyl (C=O) groups is 1. The van der Waals surface area contributed by atoms with Crippen LogP contribution >= 0.6 is 0 Å². The molecule has 1 N–H and O–H groups in total. The minimum atomic E-state index is -0.0582. The lowest BCUT2D eigenvalue weighted by molar-refractivity contribution is -0.135. The number of aliphatic imine (C=N–C) groups is 1. The number of hydrogen-bond donors (Lipinski definition) is 1. The summed E-state index contributed by atoms with van der Waals surface area (Å²) in [6.07, 6.45) is 4.73. The molecule has 0 spiro atoms. The Kier molecular flexibility index (Phi) is 7.62. The minimum Gasteiger partial charge on any atom is -0.376 e. The Labute approximate surface area is 191 Å². The van der Waals surface area contributed by atoms with Crippen LogP contribution in [0.3, 0.4) is 0 Å². The monoisotopic (exact) mass is 446 g/mol. The Balaban J connectivity index is 1.36. The third kappa shape index (κ3) is 5.40. The zero-order valence-corrected chi connectivity index (χ0v) is 19.8. The van der Waals surface area contributed by atoms with Gasteiger partial charge in [0.1, 0.15) is 12.4 Å². The number of guanidine groups is 1. The minimum absolute atomic E-state index is 0.0582. The lowest BCUT2D eigenvalue weighted by Gasteiger charge is -2.39. The van der Waals surface area contributed by atoms with Gasteiger partial charge < -0.3 is 24.4 Å². The fraction of sp³-hybridized carbons (Fsp3) is 0.818. The van der Waals surface area contributed by atoms with E-state index in [9.17, 15) is 4.79 Å². The van der Waals surface area contributed by atoms with Crippen LogP contribution in [0, 0.1) is 6.92 Å². The number of hydrogen-bond acceptors (Lipinski definition) is 6. The Bertz CT molecular complexity index is 790. The number of ether oxygens (including phenoxy) is 1. The second-order valence-electron chi connectivity index (χ2n) is 9.11. The molecule has 4 heterocycles. The summed E-state index contributed by atoms with van der Waals surface area (Å²) in [6.45, 7) is 11.3. The van der Waals surface area contributed by atoms with E-state index >= 15 is 0 Å². The molecule has 32 heavy (non-hydrogen) atoms. The SMILES string of the molecule is Cc1nnc(CN=C(NCC2CCCO2)N2CCN(C(C)C(=O)N3CCCC3)CC2)n1C. The van der Waals surface area contributed by atoms with Gasteiger partial charge in [-0.15, -0.1) is 10.2 Å². The van der Waals surface area contributed by atoms with Crippen molar-refractivity contribution in [1.29, 1.82) is 0 Å². The first kappa shape index (κ1) is 23.0. The Hall–Kier alpha value is -2.20. The predicted molar refractivity (Wildman–Crippen MR) is 122 cm³/mol. The lowest BCUT2D eigenvalue weighted by atomic mass is 10.2. The Morgan fingerprint density at radius 1 is 1.12 bits per heavy atom. The third-order valence-electron chi connectivity index (χ3n) is 7.00. The summed E-state index contributed by atoms with van der Waals surface area (Å²) in [5.41, 5.74) is 0. The highest BCUT2D eigenvalue weighted by molar-refractivity contribution is 5.82. The molecule has 10 heteroatoms. The third-order valence-corrected chi connectivity index (χ3v) is 7.00.